The predicted octanol–water partition coefficient (Wildman–Crippen LogP) is 1.69. The van der Waals surface area contributed by atoms with E-state index in [0.717, 1.165) is 6.42 Å². The molecule has 0 saturated carbocycles. The molecule has 0 spiro atoms. The molecule has 0 aliphatic rings. The van der Waals surface area contributed by atoms with Crippen LogP contribution in [0.15, 0.2) is 23.1 Å². The SMILES string of the molecule is CCCc1[c]cccc1S(=O)(=O)O. The quantitative estimate of drug-likeness (QED) is 0.753. The topological polar surface area (TPSA) is 54.4 Å². The van der Waals surface area contributed by atoms with Gasteiger partial charge in [-0.1, -0.05) is 25.5 Å². The molecule has 0 unspecified atom stereocenters. The summed E-state index contributed by atoms with van der Waals surface area (Å²) in [5.41, 5.74) is 0.549. The van der Waals surface area contributed by atoms with E-state index in [-0.39, 0.29) is 4.90 Å². The lowest BCUT2D eigenvalue weighted by atomic mass is 10.1. The molecule has 0 saturated heterocycles. The summed E-state index contributed by atoms with van der Waals surface area (Å²) in [6, 6.07) is 7.37. The van der Waals surface area contributed by atoms with Crippen LogP contribution in [0.3, 0.4) is 0 Å². The van der Waals surface area contributed by atoms with Gasteiger partial charge in [-0.3, -0.25) is 4.55 Å². The standard InChI is InChI=1S/C9H11O3S/c1-2-5-8-6-3-4-7-9(8)13(10,11)12/h3-4,7H,2,5H2,1H3,(H,10,11,12). The molecule has 1 aromatic rings. The van der Waals surface area contributed by atoms with Crippen LogP contribution in [-0.4, -0.2) is 13.0 Å². The molecule has 0 atom stereocenters. The smallest absolute Gasteiger partial charge is 0.282 e. The lowest BCUT2D eigenvalue weighted by Gasteiger charge is -2.03. The van der Waals surface area contributed by atoms with Crippen molar-refractivity contribution in [1.82, 2.24) is 0 Å². The average molecular weight is 199 g/mol. The molecule has 71 valence electrons. The number of rotatable bonds is 3. The summed E-state index contributed by atoms with van der Waals surface area (Å²) >= 11 is 0. The second-order valence-electron chi connectivity index (χ2n) is 2.74. The first-order chi connectivity index (χ1) is 6.05. The van der Waals surface area contributed by atoms with Crippen LogP contribution in [-0.2, 0) is 16.5 Å². The van der Waals surface area contributed by atoms with Gasteiger partial charge in [0.25, 0.3) is 10.1 Å². The summed E-state index contributed by atoms with van der Waals surface area (Å²) in [6.07, 6.45) is 1.43. The molecule has 0 amide bonds. The van der Waals surface area contributed by atoms with E-state index < -0.39 is 10.1 Å². The van der Waals surface area contributed by atoms with Gasteiger partial charge in [0.15, 0.2) is 0 Å². The minimum atomic E-state index is -4.09. The molecule has 0 fully saturated rings. The highest BCUT2D eigenvalue weighted by atomic mass is 32.2. The molecule has 1 rings (SSSR count). The van der Waals surface area contributed by atoms with Crippen molar-refractivity contribution >= 4 is 10.1 Å². The molecule has 1 N–H and O–H groups in total. The Bertz CT molecular complexity index is 382. The molecular weight excluding hydrogens is 188 g/mol. The maximum absolute atomic E-state index is 10.9. The molecule has 13 heavy (non-hydrogen) atoms. The zero-order valence-corrected chi connectivity index (χ0v) is 8.13. The highest BCUT2D eigenvalue weighted by Crippen LogP contribution is 2.15. The van der Waals surface area contributed by atoms with Gasteiger partial charge in [-0.25, -0.2) is 0 Å². The van der Waals surface area contributed by atoms with Crippen molar-refractivity contribution < 1.29 is 13.0 Å². The van der Waals surface area contributed by atoms with Crippen molar-refractivity contribution in [3.63, 3.8) is 0 Å². The summed E-state index contributed by atoms with van der Waals surface area (Å²) < 4.78 is 30.6. The first kappa shape index (κ1) is 10.2. The number of hydrogen-bond acceptors (Lipinski definition) is 2. The third-order valence-electron chi connectivity index (χ3n) is 1.68. The van der Waals surface area contributed by atoms with Crippen molar-refractivity contribution in [2.24, 2.45) is 0 Å². The van der Waals surface area contributed by atoms with Gasteiger partial charge in [0.05, 0.1) is 4.90 Å². The Kier molecular flexibility index (Phi) is 3.06. The Hall–Kier alpha value is -0.870. The minimum Gasteiger partial charge on any atom is -0.282 e. The predicted molar refractivity (Wildman–Crippen MR) is 49.1 cm³/mol. The van der Waals surface area contributed by atoms with Gasteiger partial charge in [-0.15, -0.1) is 0 Å². The first-order valence-corrected chi connectivity index (χ1v) is 5.46. The van der Waals surface area contributed by atoms with Crippen molar-refractivity contribution in [2.45, 2.75) is 24.7 Å². The zero-order chi connectivity index (χ0) is 9.90. The van der Waals surface area contributed by atoms with E-state index in [1.165, 1.54) is 6.07 Å². The monoisotopic (exact) mass is 199 g/mol. The molecule has 0 bridgehead atoms. The highest BCUT2D eigenvalue weighted by Gasteiger charge is 2.13. The lowest BCUT2D eigenvalue weighted by molar-refractivity contribution is 0.482. The molecular formula is C9H11O3S. The number of aryl methyl sites for hydroxylation is 1. The van der Waals surface area contributed by atoms with Gasteiger partial charge in [0.2, 0.25) is 0 Å². The Morgan fingerprint density at radius 2 is 2.23 bits per heavy atom. The fourth-order valence-corrected chi connectivity index (χ4v) is 1.87. The average Bonchev–Trinajstić information content (AvgIpc) is 2.04. The Labute approximate surface area is 78.2 Å². The van der Waals surface area contributed by atoms with Crippen molar-refractivity contribution in [3.8, 4) is 0 Å². The molecule has 1 radical (unpaired) electrons. The fraction of sp³-hybridized carbons (Fsp3) is 0.333. The van der Waals surface area contributed by atoms with Crippen LogP contribution in [0.25, 0.3) is 0 Å². The minimum absolute atomic E-state index is 0.0307. The van der Waals surface area contributed by atoms with Gasteiger partial charge < -0.3 is 0 Å². The number of hydrogen-bond donors (Lipinski definition) is 1. The van der Waals surface area contributed by atoms with E-state index in [9.17, 15) is 8.42 Å². The Balaban J connectivity index is 3.20. The van der Waals surface area contributed by atoms with E-state index in [4.69, 9.17) is 4.55 Å². The van der Waals surface area contributed by atoms with Crippen LogP contribution in [0.2, 0.25) is 0 Å². The molecule has 0 aromatic heterocycles. The molecule has 0 aliphatic carbocycles. The molecule has 4 heteroatoms. The van der Waals surface area contributed by atoms with Gasteiger partial charge in [-0.2, -0.15) is 8.42 Å². The van der Waals surface area contributed by atoms with E-state index in [2.05, 4.69) is 6.07 Å². The van der Waals surface area contributed by atoms with Crippen molar-refractivity contribution in [1.29, 1.82) is 0 Å². The second kappa shape index (κ2) is 3.89. The fourth-order valence-electron chi connectivity index (χ4n) is 1.14. The van der Waals surface area contributed by atoms with E-state index >= 15 is 0 Å². The first-order valence-electron chi connectivity index (χ1n) is 4.02. The highest BCUT2D eigenvalue weighted by molar-refractivity contribution is 7.85. The van der Waals surface area contributed by atoms with Crippen LogP contribution in [0.4, 0.5) is 0 Å². The van der Waals surface area contributed by atoms with Crippen LogP contribution in [0.5, 0.6) is 0 Å². The van der Waals surface area contributed by atoms with Gasteiger partial charge in [-0.05, 0) is 24.1 Å². The Morgan fingerprint density at radius 3 is 2.77 bits per heavy atom. The summed E-state index contributed by atoms with van der Waals surface area (Å²) in [5, 5.41) is 0. The van der Waals surface area contributed by atoms with E-state index in [0.29, 0.717) is 12.0 Å². The maximum atomic E-state index is 10.9. The molecule has 3 nitrogen and oxygen atoms in total. The largest absolute Gasteiger partial charge is 0.294 e. The van der Waals surface area contributed by atoms with Gasteiger partial charge >= 0.3 is 0 Å². The van der Waals surface area contributed by atoms with Gasteiger partial charge in [0.1, 0.15) is 0 Å². The molecule has 1 aromatic carbocycles. The van der Waals surface area contributed by atoms with Crippen molar-refractivity contribution in [2.75, 3.05) is 0 Å². The van der Waals surface area contributed by atoms with E-state index in [1.807, 2.05) is 6.92 Å². The zero-order valence-electron chi connectivity index (χ0n) is 7.32. The van der Waals surface area contributed by atoms with E-state index in [1.54, 1.807) is 12.1 Å². The molecule has 0 aliphatic heterocycles. The maximum Gasteiger partial charge on any atom is 0.294 e. The second-order valence-corrected chi connectivity index (χ2v) is 4.13. The molecule has 0 heterocycles. The van der Waals surface area contributed by atoms with Crippen LogP contribution in [0, 0.1) is 6.07 Å². The van der Waals surface area contributed by atoms with Crippen LogP contribution in [0.1, 0.15) is 18.9 Å². The summed E-state index contributed by atoms with van der Waals surface area (Å²) in [6.45, 7) is 1.94. The summed E-state index contributed by atoms with van der Waals surface area (Å²) in [5.74, 6) is 0. The Morgan fingerprint density at radius 1 is 1.54 bits per heavy atom. The third-order valence-corrected chi connectivity index (χ3v) is 2.62. The third kappa shape index (κ3) is 2.54. The normalized spacial score (nSPS) is 11.5. The van der Waals surface area contributed by atoms with Gasteiger partial charge in [0, 0.05) is 0 Å². The summed E-state index contributed by atoms with van der Waals surface area (Å²) in [4.78, 5) is -0.0307. The number of benzene rings is 1. The van der Waals surface area contributed by atoms with Crippen LogP contribution < -0.4 is 0 Å². The lowest BCUT2D eigenvalue weighted by Crippen LogP contribution is -2.02. The van der Waals surface area contributed by atoms with Crippen molar-refractivity contribution in [3.05, 3.63) is 29.8 Å². The summed E-state index contributed by atoms with van der Waals surface area (Å²) in [7, 11) is -4.09. The van der Waals surface area contributed by atoms with Crippen LogP contribution >= 0.6 is 0 Å².